The number of carboxylic acids is 1. The molecule has 2 aromatic carbocycles. The lowest BCUT2D eigenvalue weighted by Gasteiger charge is -2.23. The van der Waals surface area contributed by atoms with Crippen molar-refractivity contribution >= 4 is 29.5 Å². The van der Waals surface area contributed by atoms with Crippen molar-refractivity contribution < 1.29 is 9.90 Å². The fourth-order valence-corrected chi connectivity index (χ4v) is 1.97. The Kier molecular flexibility index (Phi) is 4.95. The van der Waals surface area contributed by atoms with Gasteiger partial charge in [-0.2, -0.15) is 0 Å². The molecule has 0 bridgehead atoms. The zero-order valence-corrected chi connectivity index (χ0v) is 12.2. The second kappa shape index (κ2) is 6.90. The summed E-state index contributed by atoms with van der Waals surface area (Å²) in [6.45, 7) is 0. The molecule has 0 amide bonds. The van der Waals surface area contributed by atoms with Crippen LogP contribution in [-0.4, -0.2) is 30.5 Å². The zero-order valence-electron chi connectivity index (χ0n) is 11.5. The number of carbonyl (C=O) groups is 1. The maximum Gasteiger partial charge on any atom is 0.349 e. The van der Waals surface area contributed by atoms with Gasteiger partial charge >= 0.3 is 5.97 Å². The Morgan fingerprint density at radius 2 is 1.81 bits per heavy atom. The van der Waals surface area contributed by atoms with Crippen molar-refractivity contribution in [2.75, 3.05) is 11.9 Å². The van der Waals surface area contributed by atoms with E-state index in [0.29, 0.717) is 5.02 Å². The number of nitrogens with zero attached hydrogens (tertiary/aromatic N) is 2. The molecule has 1 unspecified atom stereocenters. The number of aliphatic carboxylic acids is 1. The van der Waals surface area contributed by atoms with Crippen LogP contribution in [0.1, 0.15) is 5.56 Å². The molecule has 0 radical (unpaired) electrons. The highest BCUT2D eigenvalue weighted by Crippen LogP contribution is 2.15. The second-order valence-electron chi connectivity index (χ2n) is 4.49. The summed E-state index contributed by atoms with van der Waals surface area (Å²) in [6.07, 6.45) is 0.553. The lowest BCUT2D eigenvalue weighted by Crippen LogP contribution is -2.37. The highest BCUT2D eigenvalue weighted by atomic mass is 35.5. The summed E-state index contributed by atoms with van der Waals surface area (Å²) >= 11 is 5.81. The van der Waals surface area contributed by atoms with Crippen LogP contribution in [0.15, 0.2) is 59.6 Å². The molecule has 0 saturated carbocycles. The van der Waals surface area contributed by atoms with Crippen LogP contribution >= 0.6 is 11.6 Å². The third-order valence-corrected chi connectivity index (χ3v) is 3.24. The van der Waals surface area contributed by atoms with Crippen molar-refractivity contribution in [3.05, 3.63) is 65.2 Å². The van der Waals surface area contributed by atoms with Crippen LogP contribution in [0.25, 0.3) is 0 Å². The molecular weight excluding hydrogens is 288 g/mol. The summed E-state index contributed by atoms with van der Waals surface area (Å²) in [5.41, 5.74) is 1.59. The molecule has 0 saturated heterocycles. The summed E-state index contributed by atoms with van der Waals surface area (Å²) in [7, 11) is 1.70. The van der Waals surface area contributed by atoms with Crippen molar-refractivity contribution in [1.82, 2.24) is 0 Å². The first-order valence-electron chi connectivity index (χ1n) is 6.37. The lowest BCUT2D eigenvalue weighted by molar-refractivity contribution is -0.138. The van der Waals surface area contributed by atoms with Crippen LogP contribution in [0, 0.1) is 0 Å². The summed E-state index contributed by atoms with van der Waals surface area (Å²) in [4.78, 5) is 17.2. The molecular formula is C16H15ClN2O2. The Bertz CT molecular complexity index is 626. The number of para-hydroxylation sites is 1. The fourth-order valence-electron chi connectivity index (χ4n) is 1.84. The predicted octanol–water partition coefficient (Wildman–Crippen LogP) is 3.31. The topological polar surface area (TPSA) is 52.9 Å². The molecule has 1 N–H and O–H groups in total. The van der Waals surface area contributed by atoms with Crippen LogP contribution in [0.5, 0.6) is 0 Å². The van der Waals surface area contributed by atoms with Crippen LogP contribution < -0.4 is 4.90 Å². The fraction of sp³-hybridized carbons (Fsp3) is 0.125. The van der Waals surface area contributed by atoms with E-state index >= 15 is 0 Å². The van der Waals surface area contributed by atoms with Gasteiger partial charge in [0.1, 0.15) is 0 Å². The first-order chi connectivity index (χ1) is 10.1. The number of hydrogen-bond acceptors (Lipinski definition) is 3. The van der Waals surface area contributed by atoms with Crippen molar-refractivity contribution in [3.63, 3.8) is 0 Å². The van der Waals surface area contributed by atoms with E-state index in [1.54, 1.807) is 36.2 Å². The molecule has 0 aliphatic rings. The molecule has 0 heterocycles. The molecule has 2 aromatic rings. The number of anilines is 1. The third-order valence-electron chi connectivity index (χ3n) is 2.99. The van der Waals surface area contributed by atoms with Crippen LogP contribution in [-0.2, 0) is 4.79 Å². The minimum Gasteiger partial charge on any atom is -0.478 e. The summed E-state index contributed by atoms with van der Waals surface area (Å²) in [5, 5.41) is 9.98. The van der Waals surface area contributed by atoms with Crippen molar-refractivity contribution in [1.29, 1.82) is 0 Å². The largest absolute Gasteiger partial charge is 0.478 e. The van der Waals surface area contributed by atoms with Gasteiger partial charge in [0.05, 0.1) is 0 Å². The van der Waals surface area contributed by atoms with E-state index < -0.39 is 12.1 Å². The average Bonchev–Trinajstić information content (AvgIpc) is 2.49. The highest BCUT2D eigenvalue weighted by molar-refractivity contribution is 6.30. The Balaban J connectivity index is 2.19. The van der Waals surface area contributed by atoms with Crippen LogP contribution in [0.2, 0.25) is 5.02 Å². The first-order valence-corrected chi connectivity index (χ1v) is 6.75. The molecule has 5 heteroatoms. The number of carboxylic acid groups (broad SMARTS) is 1. The molecule has 0 aliphatic carbocycles. The molecule has 4 nitrogen and oxygen atoms in total. The molecule has 0 spiro atoms. The van der Waals surface area contributed by atoms with E-state index in [-0.39, 0.29) is 0 Å². The average molecular weight is 303 g/mol. The van der Waals surface area contributed by atoms with Gasteiger partial charge in [-0.1, -0.05) is 41.9 Å². The number of aliphatic imine (C=N–C) groups is 1. The number of hydrogen-bond donors (Lipinski definition) is 1. The van der Waals surface area contributed by atoms with E-state index in [9.17, 15) is 9.90 Å². The second-order valence-corrected chi connectivity index (χ2v) is 4.92. The Morgan fingerprint density at radius 1 is 1.19 bits per heavy atom. The van der Waals surface area contributed by atoms with Gasteiger partial charge in [-0.3, -0.25) is 4.99 Å². The van der Waals surface area contributed by atoms with Gasteiger partial charge in [0.2, 0.25) is 6.17 Å². The van der Waals surface area contributed by atoms with E-state index in [1.807, 2.05) is 30.3 Å². The van der Waals surface area contributed by atoms with Gasteiger partial charge in [-0.15, -0.1) is 0 Å². The smallest absolute Gasteiger partial charge is 0.349 e. The third kappa shape index (κ3) is 4.07. The summed E-state index contributed by atoms with van der Waals surface area (Å²) in [6, 6.07) is 16.3. The number of halogens is 1. The molecule has 21 heavy (non-hydrogen) atoms. The molecule has 0 fully saturated rings. The van der Waals surface area contributed by atoms with E-state index in [2.05, 4.69) is 4.99 Å². The standard InChI is InChI=1S/C16H15ClN2O2/c1-19(14-5-3-2-4-6-14)15(16(20)21)18-11-12-7-9-13(17)10-8-12/h2-11,15H,1H3,(H,20,21). The number of benzene rings is 2. The van der Waals surface area contributed by atoms with Crippen molar-refractivity contribution in [3.8, 4) is 0 Å². The maximum absolute atomic E-state index is 11.4. The zero-order chi connectivity index (χ0) is 15.2. The van der Waals surface area contributed by atoms with E-state index in [1.165, 1.54) is 6.21 Å². The molecule has 0 aromatic heterocycles. The molecule has 2 rings (SSSR count). The minimum absolute atomic E-state index is 0.628. The highest BCUT2D eigenvalue weighted by Gasteiger charge is 2.21. The van der Waals surface area contributed by atoms with E-state index in [0.717, 1.165) is 11.3 Å². The van der Waals surface area contributed by atoms with Crippen LogP contribution in [0.4, 0.5) is 5.69 Å². The molecule has 0 aliphatic heterocycles. The monoisotopic (exact) mass is 302 g/mol. The SMILES string of the molecule is CN(c1ccccc1)C(N=Cc1ccc(Cl)cc1)C(=O)O. The normalized spacial score (nSPS) is 12.3. The van der Waals surface area contributed by atoms with Crippen molar-refractivity contribution in [2.45, 2.75) is 6.17 Å². The van der Waals surface area contributed by atoms with Crippen molar-refractivity contribution in [2.24, 2.45) is 4.99 Å². The Labute approximate surface area is 128 Å². The lowest BCUT2D eigenvalue weighted by atomic mass is 10.2. The molecule has 108 valence electrons. The number of likely N-dealkylation sites (N-methyl/N-ethyl adjacent to an activating group) is 1. The van der Waals surface area contributed by atoms with Gasteiger partial charge < -0.3 is 10.0 Å². The maximum atomic E-state index is 11.4. The molecule has 1 atom stereocenters. The minimum atomic E-state index is -1.01. The van der Waals surface area contributed by atoms with Gasteiger partial charge in [0.15, 0.2) is 0 Å². The van der Waals surface area contributed by atoms with Gasteiger partial charge in [-0.05, 0) is 29.8 Å². The summed E-state index contributed by atoms with van der Waals surface area (Å²) in [5.74, 6) is -1.01. The van der Waals surface area contributed by atoms with E-state index in [4.69, 9.17) is 11.6 Å². The van der Waals surface area contributed by atoms with Crippen LogP contribution in [0.3, 0.4) is 0 Å². The number of rotatable bonds is 5. The predicted molar refractivity (Wildman–Crippen MR) is 85.3 cm³/mol. The Hall–Kier alpha value is -2.33. The van der Waals surface area contributed by atoms with Gasteiger partial charge in [0, 0.05) is 24.0 Å². The Morgan fingerprint density at radius 3 is 2.38 bits per heavy atom. The van der Waals surface area contributed by atoms with Gasteiger partial charge in [0.25, 0.3) is 0 Å². The quantitative estimate of drug-likeness (QED) is 0.862. The summed E-state index contributed by atoms with van der Waals surface area (Å²) < 4.78 is 0. The van der Waals surface area contributed by atoms with Gasteiger partial charge in [-0.25, -0.2) is 4.79 Å². The first kappa shape index (κ1) is 15.1.